The predicted molar refractivity (Wildman–Crippen MR) is 98.8 cm³/mol. The molecule has 0 saturated carbocycles. The largest absolute Gasteiger partial charge is 0.466 e. The van der Waals surface area contributed by atoms with Crippen LogP contribution in [0.25, 0.3) is 16.9 Å². The first kappa shape index (κ1) is 17.0. The molecule has 25 heavy (non-hydrogen) atoms. The SMILES string of the molecule is CC(=O)OCCc1ccc(-c2cc(C)nn2-c2ccc(C)cc2)cc1. The van der Waals surface area contributed by atoms with Crippen molar-refractivity contribution in [1.29, 1.82) is 0 Å². The Balaban J connectivity index is 1.84. The van der Waals surface area contributed by atoms with Gasteiger partial charge in [0.1, 0.15) is 0 Å². The maximum absolute atomic E-state index is 10.8. The number of ether oxygens (including phenoxy) is 1. The highest BCUT2D eigenvalue weighted by Crippen LogP contribution is 2.24. The second-order valence-corrected chi connectivity index (χ2v) is 6.21. The highest BCUT2D eigenvalue weighted by molar-refractivity contribution is 5.66. The summed E-state index contributed by atoms with van der Waals surface area (Å²) in [7, 11) is 0. The number of aromatic nitrogens is 2. The summed E-state index contributed by atoms with van der Waals surface area (Å²) in [6, 6.07) is 18.8. The van der Waals surface area contributed by atoms with Crippen molar-refractivity contribution in [2.24, 2.45) is 0 Å². The molecule has 0 bridgehead atoms. The number of nitrogens with zero attached hydrogens (tertiary/aromatic N) is 2. The third-order valence-electron chi connectivity index (χ3n) is 4.06. The molecule has 0 amide bonds. The average molecular weight is 334 g/mol. The summed E-state index contributed by atoms with van der Waals surface area (Å²) < 4.78 is 6.97. The van der Waals surface area contributed by atoms with E-state index < -0.39 is 0 Å². The predicted octanol–water partition coefficient (Wildman–Crippen LogP) is 4.26. The van der Waals surface area contributed by atoms with Crippen LogP contribution in [0, 0.1) is 13.8 Å². The van der Waals surface area contributed by atoms with Crippen molar-refractivity contribution in [2.45, 2.75) is 27.2 Å². The maximum atomic E-state index is 10.8. The molecule has 128 valence electrons. The van der Waals surface area contributed by atoms with Crippen molar-refractivity contribution in [2.75, 3.05) is 6.61 Å². The maximum Gasteiger partial charge on any atom is 0.302 e. The third-order valence-corrected chi connectivity index (χ3v) is 4.06. The zero-order valence-electron chi connectivity index (χ0n) is 14.8. The molecular weight excluding hydrogens is 312 g/mol. The minimum absolute atomic E-state index is 0.242. The number of esters is 1. The van der Waals surface area contributed by atoms with Gasteiger partial charge in [-0.25, -0.2) is 4.68 Å². The summed E-state index contributed by atoms with van der Waals surface area (Å²) in [4.78, 5) is 10.8. The van der Waals surface area contributed by atoms with Gasteiger partial charge in [0.15, 0.2) is 0 Å². The fourth-order valence-electron chi connectivity index (χ4n) is 2.74. The van der Waals surface area contributed by atoms with Crippen LogP contribution in [0.5, 0.6) is 0 Å². The van der Waals surface area contributed by atoms with Crippen molar-refractivity contribution in [3.63, 3.8) is 0 Å². The Labute approximate surface area is 148 Å². The highest BCUT2D eigenvalue weighted by Gasteiger charge is 2.10. The van der Waals surface area contributed by atoms with Crippen LogP contribution in [0.2, 0.25) is 0 Å². The van der Waals surface area contributed by atoms with Crippen molar-refractivity contribution in [3.8, 4) is 16.9 Å². The summed E-state index contributed by atoms with van der Waals surface area (Å²) in [5, 5.41) is 4.64. The van der Waals surface area contributed by atoms with Crippen LogP contribution in [-0.4, -0.2) is 22.4 Å². The summed E-state index contributed by atoms with van der Waals surface area (Å²) in [5.41, 5.74) is 6.57. The van der Waals surface area contributed by atoms with E-state index in [1.54, 1.807) is 0 Å². The van der Waals surface area contributed by atoms with Crippen LogP contribution in [0.3, 0.4) is 0 Å². The normalized spacial score (nSPS) is 10.7. The first-order valence-corrected chi connectivity index (χ1v) is 8.39. The number of hydrogen-bond donors (Lipinski definition) is 0. The number of carbonyl (C=O) groups excluding carboxylic acids is 1. The Morgan fingerprint density at radius 2 is 1.72 bits per heavy atom. The van der Waals surface area contributed by atoms with Gasteiger partial charge >= 0.3 is 5.97 Å². The minimum Gasteiger partial charge on any atom is -0.466 e. The van der Waals surface area contributed by atoms with E-state index in [0.717, 1.165) is 34.6 Å². The van der Waals surface area contributed by atoms with E-state index in [1.165, 1.54) is 12.5 Å². The molecular formula is C21H22N2O2. The first-order valence-electron chi connectivity index (χ1n) is 8.39. The molecule has 0 N–H and O–H groups in total. The smallest absolute Gasteiger partial charge is 0.302 e. The topological polar surface area (TPSA) is 44.1 Å². The molecule has 0 unspecified atom stereocenters. The van der Waals surface area contributed by atoms with E-state index in [4.69, 9.17) is 4.74 Å². The molecule has 3 rings (SSSR count). The van der Waals surface area contributed by atoms with Gasteiger partial charge in [0.2, 0.25) is 0 Å². The molecule has 0 aliphatic carbocycles. The van der Waals surface area contributed by atoms with Gasteiger partial charge in [-0.05, 0) is 37.6 Å². The first-order chi connectivity index (χ1) is 12.0. The summed E-state index contributed by atoms with van der Waals surface area (Å²) in [5.74, 6) is -0.242. The number of carbonyl (C=O) groups is 1. The number of benzene rings is 2. The van der Waals surface area contributed by atoms with Gasteiger partial charge in [0.05, 0.1) is 23.7 Å². The van der Waals surface area contributed by atoms with Crippen molar-refractivity contribution in [1.82, 2.24) is 9.78 Å². The average Bonchev–Trinajstić information content (AvgIpc) is 2.98. The standard InChI is InChI=1S/C21H22N2O2/c1-15-4-10-20(11-5-15)23-21(14-16(2)22-23)19-8-6-18(7-9-19)12-13-25-17(3)24/h4-11,14H,12-13H2,1-3H3. The molecule has 1 heterocycles. The van der Waals surface area contributed by atoms with E-state index in [2.05, 4.69) is 66.6 Å². The molecule has 3 aromatic rings. The Hall–Kier alpha value is -2.88. The van der Waals surface area contributed by atoms with Gasteiger partial charge in [0, 0.05) is 18.9 Å². The molecule has 2 aromatic carbocycles. The number of rotatable bonds is 5. The van der Waals surface area contributed by atoms with Crippen LogP contribution in [0.4, 0.5) is 0 Å². The lowest BCUT2D eigenvalue weighted by Gasteiger charge is -2.09. The Morgan fingerprint density at radius 3 is 2.36 bits per heavy atom. The van der Waals surface area contributed by atoms with Gasteiger partial charge in [0.25, 0.3) is 0 Å². The van der Waals surface area contributed by atoms with Crippen LogP contribution in [0.15, 0.2) is 54.6 Å². The zero-order chi connectivity index (χ0) is 17.8. The fraction of sp³-hybridized carbons (Fsp3) is 0.238. The summed E-state index contributed by atoms with van der Waals surface area (Å²) >= 11 is 0. The molecule has 1 aromatic heterocycles. The summed E-state index contributed by atoms with van der Waals surface area (Å²) in [6.45, 7) is 5.92. The lowest BCUT2D eigenvalue weighted by molar-refractivity contribution is -0.140. The van der Waals surface area contributed by atoms with Crippen molar-refractivity contribution in [3.05, 3.63) is 71.4 Å². The highest BCUT2D eigenvalue weighted by atomic mass is 16.5. The van der Waals surface area contributed by atoms with E-state index in [9.17, 15) is 4.79 Å². The van der Waals surface area contributed by atoms with Crippen LogP contribution >= 0.6 is 0 Å². The number of aryl methyl sites for hydroxylation is 2. The molecule has 0 saturated heterocycles. The van der Waals surface area contributed by atoms with E-state index in [1.807, 2.05) is 11.6 Å². The van der Waals surface area contributed by atoms with E-state index in [-0.39, 0.29) is 5.97 Å². The summed E-state index contributed by atoms with van der Waals surface area (Å²) in [6.07, 6.45) is 0.718. The van der Waals surface area contributed by atoms with Gasteiger partial charge in [-0.2, -0.15) is 5.10 Å². The van der Waals surface area contributed by atoms with E-state index in [0.29, 0.717) is 6.61 Å². The molecule has 0 fully saturated rings. The second-order valence-electron chi connectivity index (χ2n) is 6.21. The van der Waals surface area contributed by atoms with Gasteiger partial charge in [-0.1, -0.05) is 42.0 Å². The zero-order valence-corrected chi connectivity index (χ0v) is 14.8. The molecule has 0 aliphatic heterocycles. The quantitative estimate of drug-likeness (QED) is 0.655. The van der Waals surface area contributed by atoms with Crippen LogP contribution in [-0.2, 0) is 16.0 Å². The molecule has 0 atom stereocenters. The fourth-order valence-corrected chi connectivity index (χ4v) is 2.74. The second kappa shape index (κ2) is 7.34. The van der Waals surface area contributed by atoms with Crippen molar-refractivity contribution >= 4 is 5.97 Å². The third kappa shape index (κ3) is 4.15. The molecule has 4 nitrogen and oxygen atoms in total. The van der Waals surface area contributed by atoms with Crippen molar-refractivity contribution < 1.29 is 9.53 Å². The van der Waals surface area contributed by atoms with Gasteiger partial charge in [-0.15, -0.1) is 0 Å². The van der Waals surface area contributed by atoms with Crippen LogP contribution < -0.4 is 0 Å². The monoisotopic (exact) mass is 334 g/mol. The molecule has 4 heteroatoms. The minimum atomic E-state index is -0.242. The molecule has 0 radical (unpaired) electrons. The molecule has 0 spiro atoms. The Kier molecular flexibility index (Phi) is 4.98. The Morgan fingerprint density at radius 1 is 1.04 bits per heavy atom. The lowest BCUT2D eigenvalue weighted by atomic mass is 10.1. The van der Waals surface area contributed by atoms with E-state index >= 15 is 0 Å². The Bertz CT molecular complexity index is 862. The van der Waals surface area contributed by atoms with Crippen LogP contribution in [0.1, 0.15) is 23.7 Å². The lowest BCUT2D eigenvalue weighted by Crippen LogP contribution is -2.03. The van der Waals surface area contributed by atoms with Gasteiger partial charge < -0.3 is 4.74 Å². The number of hydrogen-bond acceptors (Lipinski definition) is 3. The molecule has 0 aliphatic rings. The van der Waals surface area contributed by atoms with Gasteiger partial charge in [-0.3, -0.25) is 4.79 Å².